The first-order valence-corrected chi connectivity index (χ1v) is 19.4. The zero-order chi connectivity index (χ0) is 32.8. The SMILES string of the molecule is CN(C1CCN(C[C@@H]2CCCN2C(=O)CN2CCC[C@H](NS(=O)(=O)c3cc4cc(Cl)ccc4s3)C2=O)C1)S(=O)(=O)c1cn(C)cn1. The maximum absolute atomic E-state index is 13.5. The first-order valence-electron chi connectivity index (χ1n) is 15.3. The highest BCUT2D eigenvalue weighted by atomic mass is 35.5. The lowest BCUT2D eigenvalue weighted by molar-refractivity contribution is -0.143. The molecular formula is C29H38ClN7O6S3. The van der Waals surface area contributed by atoms with Gasteiger partial charge >= 0.3 is 0 Å². The van der Waals surface area contributed by atoms with E-state index in [0.29, 0.717) is 62.4 Å². The van der Waals surface area contributed by atoms with Crippen LogP contribution < -0.4 is 4.72 Å². The second kappa shape index (κ2) is 13.1. The number of carbonyl (C=O) groups excluding carboxylic acids is 2. The van der Waals surface area contributed by atoms with E-state index in [2.05, 4.69) is 14.6 Å². The van der Waals surface area contributed by atoms with Gasteiger partial charge < -0.3 is 14.4 Å². The van der Waals surface area contributed by atoms with Gasteiger partial charge in [0, 0.05) is 68.3 Å². The zero-order valence-corrected chi connectivity index (χ0v) is 28.9. The molecule has 3 aliphatic heterocycles. The van der Waals surface area contributed by atoms with Crippen LogP contribution in [0.2, 0.25) is 5.02 Å². The van der Waals surface area contributed by atoms with E-state index < -0.39 is 32.0 Å². The molecule has 3 fully saturated rings. The van der Waals surface area contributed by atoms with E-state index in [-0.39, 0.29) is 33.8 Å². The summed E-state index contributed by atoms with van der Waals surface area (Å²) in [7, 11) is -4.36. The monoisotopic (exact) mass is 711 g/mol. The Morgan fingerprint density at radius 3 is 2.65 bits per heavy atom. The number of imidazole rings is 1. The van der Waals surface area contributed by atoms with Gasteiger partial charge in [-0.15, -0.1) is 11.3 Å². The largest absolute Gasteiger partial charge is 0.339 e. The van der Waals surface area contributed by atoms with Gasteiger partial charge in [0.15, 0.2) is 5.03 Å². The standard InChI is InChI=1S/C29H38ClN7O6S3/c1-33-17-26(31-19-33)46(42,43)34(2)22-9-12-35(15-22)16-23-5-3-11-37(23)27(38)18-36-10-4-6-24(29(36)39)32-45(40,41)28-14-20-13-21(30)7-8-25(20)44-28/h7-8,13-14,17,19,22-24,32H,3-6,9-12,15-16,18H2,1-2H3/t22?,23-,24-/m0/s1. The van der Waals surface area contributed by atoms with E-state index in [1.807, 2.05) is 4.90 Å². The van der Waals surface area contributed by atoms with Crippen molar-refractivity contribution < 1.29 is 26.4 Å². The molecule has 3 saturated heterocycles. The molecule has 1 N–H and O–H groups in total. The predicted octanol–water partition coefficient (Wildman–Crippen LogP) is 1.94. The average molecular weight is 712 g/mol. The molecule has 250 valence electrons. The molecule has 2 aromatic heterocycles. The van der Waals surface area contributed by atoms with E-state index in [0.717, 1.165) is 28.9 Å². The molecule has 3 aromatic rings. The quantitative estimate of drug-likeness (QED) is 0.336. The van der Waals surface area contributed by atoms with Crippen molar-refractivity contribution in [2.75, 3.05) is 46.3 Å². The van der Waals surface area contributed by atoms with Crippen molar-refractivity contribution in [3.05, 3.63) is 41.8 Å². The Morgan fingerprint density at radius 2 is 1.89 bits per heavy atom. The number of halogens is 1. The number of benzene rings is 1. The van der Waals surface area contributed by atoms with Crippen LogP contribution in [-0.4, -0.2) is 122 Å². The van der Waals surface area contributed by atoms with Gasteiger partial charge in [0.25, 0.3) is 20.0 Å². The molecular weight excluding hydrogens is 674 g/mol. The topological polar surface area (TPSA) is 145 Å². The zero-order valence-electron chi connectivity index (χ0n) is 25.7. The third-order valence-electron chi connectivity index (χ3n) is 9.13. The first kappa shape index (κ1) is 33.3. The molecule has 13 nitrogen and oxygen atoms in total. The number of nitrogens with one attached hydrogen (secondary N) is 1. The van der Waals surface area contributed by atoms with E-state index in [1.165, 1.54) is 21.7 Å². The number of carbonyl (C=O) groups is 2. The van der Waals surface area contributed by atoms with Gasteiger partial charge in [-0.05, 0) is 68.3 Å². The van der Waals surface area contributed by atoms with Crippen LogP contribution in [-0.2, 0) is 36.7 Å². The van der Waals surface area contributed by atoms with Crippen LogP contribution >= 0.6 is 22.9 Å². The molecule has 0 saturated carbocycles. The van der Waals surface area contributed by atoms with Crippen LogP contribution in [0.1, 0.15) is 32.1 Å². The Balaban J connectivity index is 1.04. The predicted molar refractivity (Wildman–Crippen MR) is 174 cm³/mol. The van der Waals surface area contributed by atoms with Crippen molar-refractivity contribution in [1.29, 1.82) is 0 Å². The average Bonchev–Trinajstić information content (AvgIpc) is 3.82. The Bertz CT molecular complexity index is 1850. The number of hydrogen-bond acceptors (Lipinski definition) is 9. The lowest BCUT2D eigenvalue weighted by Crippen LogP contribution is -2.55. The number of likely N-dealkylation sites (N-methyl/N-ethyl adjacent to an activating group) is 1. The number of fused-ring (bicyclic) bond motifs is 1. The van der Waals surface area contributed by atoms with Crippen molar-refractivity contribution in [3.63, 3.8) is 0 Å². The van der Waals surface area contributed by atoms with Gasteiger partial charge in [-0.2, -0.15) is 9.03 Å². The molecule has 5 heterocycles. The Hall–Kier alpha value is -2.60. The molecule has 1 unspecified atom stereocenters. The number of hydrogen-bond donors (Lipinski definition) is 1. The summed E-state index contributed by atoms with van der Waals surface area (Å²) in [6.45, 7) is 2.75. The van der Waals surface area contributed by atoms with E-state index >= 15 is 0 Å². The highest BCUT2D eigenvalue weighted by Gasteiger charge is 2.39. The fourth-order valence-corrected chi connectivity index (χ4v) is 10.8. The number of piperidine rings is 1. The second-order valence-electron chi connectivity index (χ2n) is 12.3. The van der Waals surface area contributed by atoms with Gasteiger partial charge in [0.05, 0.1) is 12.9 Å². The van der Waals surface area contributed by atoms with Crippen molar-refractivity contribution in [1.82, 2.24) is 33.3 Å². The number of nitrogens with zero attached hydrogens (tertiary/aromatic N) is 6. The van der Waals surface area contributed by atoms with Crippen LogP contribution in [0.15, 0.2) is 46.0 Å². The highest BCUT2D eigenvalue weighted by Crippen LogP contribution is 2.31. The first-order chi connectivity index (χ1) is 21.8. The molecule has 0 bridgehead atoms. The molecule has 3 atom stereocenters. The molecule has 3 aliphatic rings. The summed E-state index contributed by atoms with van der Waals surface area (Å²) in [6, 6.07) is 5.53. The Morgan fingerprint density at radius 1 is 1.11 bits per heavy atom. The molecule has 46 heavy (non-hydrogen) atoms. The molecule has 6 rings (SSSR count). The maximum Gasteiger partial charge on any atom is 0.262 e. The van der Waals surface area contributed by atoms with E-state index in [4.69, 9.17) is 11.6 Å². The summed E-state index contributed by atoms with van der Waals surface area (Å²) < 4.78 is 59.0. The molecule has 0 spiro atoms. The third kappa shape index (κ3) is 6.84. The minimum atomic E-state index is -3.96. The molecule has 0 radical (unpaired) electrons. The van der Waals surface area contributed by atoms with Crippen molar-refractivity contribution in [3.8, 4) is 0 Å². The Labute approximate surface area is 278 Å². The van der Waals surface area contributed by atoms with E-state index in [9.17, 15) is 26.4 Å². The lowest BCUT2D eigenvalue weighted by atomic mass is 10.1. The summed E-state index contributed by atoms with van der Waals surface area (Å²) in [6.07, 6.45) is 6.23. The van der Waals surface area contributed by atoms with Crippen LogP contribution in [0.25, 0.3) is 10.1 Å². The number of rotatable bonds is 10. The third-order valence-corrected chi connectivity index (χ3v) is 14.2. The highest BCUT2D eigenvalue weighted by molar-refractivity contribution is 7.91. The molecule has 1 aromatic carbocycles. The van der Waals surface area contributed by atoms with Gasteiger partial charge in [-0.3, -0.25) is 14.5 Å². The minimum Gasteiger partial charge on any atom is -0.339 e. The number of amides is 2. The molecule has 17 heteroatoms. The summed E-state index contributed by atoms with van der Waals surface area (Å²) in [5.41, 5.74) is 0. The summed E-state index contributed by atoms with van der Waals surface area (Å²) >= 11 is 7.17. The van der Waals surface area contributed by atoms with E-state index in [1.54, 1.807) is 42.9 Å². The van der Waals surface area contributed by atoms with Crippen LogP contribution in [0.4, 0.5) is 0 Å². The van der Waals surface area contributed by atoms with Gasteiger partial charge in [-0.1, -0.05) is 11.6 Å². The Kier molecular flexibility index (Phi) is 9.51. The smallest absolute Gasteiger partial charge is 0.262 e. The van der Waals surface area contributed by atoms with Gasteiger partial charge in [-0.25, -0.2) is 21.8 Å². The van der Waals surface area contributed by atoms with Crippen molar-refractivity contribution in [2.24, 2.45) is 7.05 Å². The fraction of sp³-hybridized carbons (Fsp3) is 0.552. The number of sulfonamides is 2. The summed E-state index contributed by atoms with van der Waals surface area (Å²) in [5, 5.41) is 1.25. The van der Waals surface area contributed by atoms with Gasteiger partial charge in [0.2, 0.25) is 11.8 Å². The number of thiophene rings is 1. The maximum atomic E-state index is 13.5. The number of aromatic nitrogens is 2. The summed E-state index contributed by atoms with van der Waals surface area (Å²) in [4.78, 5) is 36.4. The van der Waals surface area contributed by atoms with Crippen LogP contribution in [0, 0.1) is 0 Å². The minimum absolute atomic E-state index is 0.0243. The van der Waals surface area contributed by atoms with Crippen molar-refractivity contribution >= 4 is 64.9 Å². The van der Waals surface area contributed by atoms with Crippen LogP contribution in [0.5, 0.6) is 0 Å². The van der Waals surface area contributed by atoms with Gasteiger partial charge in [0.1, 0.15) is 10.3 Å². The fourth-order valence-electron chi connectivity index (χ4n) is 6.62. The van der Waals surface area contributed by atoms with Crippen molar-refractivity contribution in [2.45, 2.75) is 59.5 Å². The summed E-state index contributed by atoms with van der Waals surface area (Å²) in [5.74, 6) is -0.561. The molecule has 0 aliphatic carbocycles. The second-order valence-corrected chi connectivity index (χ2v) is 17.7. The number of likely N-dealkylation sites (tertiary alicyclic amines) is 3. The number of aryl methyl sites for hydroxylation is 1. The lowest BCUT2D eigenvalue weighted by Gasteiger charge is -2.34. The van der Waals surface area contributed by atoms with Crippen LogP contribution in [0.3, 0.4) is 0 Å². The molecule has 2 amide bonds. The normalized spacial score (nSPS) is 23.3.